The van der Waals surface area contributed by atoms with Gasteiger partial charge in [-0.25, -0.2) is 0 Å². The van der Waals surface area contributed by atoms with E-state index >= 15 is 0 Å². The molecule has 0 fully saturated rings. The highest BCUT2D eigenvalue weighted by molar-refractivity contribution is 5.56. The summed E-state index contributed by atoms with van der Waals surface area (Å²) in [6.45, 7) is 0. The SMILES string of the molecule is Nc1n[nH]c(-c2nc(-c3ccccc3)no2)n1. The van der Waals surface area contributed by atoms with Crippen molar-refractivity contribution in [2.75, 3.05) is 5.73 Å². The Labute approximate surface area is 95.7 Å². The molecule has 3 rings (SSSR count). The predicted molar refractivity (Wildman–Crippen MR) is 59.5 cm³/mol. The van der Waals surface area contributed by atoms with Crippen LogP contribution in [0.1, 0.15) is 0 Å². The minimum atomic E-state index is 0.138. The average molecular weight is 228 g/mol. The molecule has 0 amide bonds. The molecule has 0 aliphatic heterocycles. The highest BCUT2D eigenvalue weighted by Crippen LogP contribution is 2.19. The molecule has 2 heterocycles. The van der Waals surface area contributed by atoms with Gasteiger partial charge in [-0.2, -0.15) is 9.97 Å². The molecule has 0 radical (unpaired) electrons. The van der Waals surface area contributed by atoms with E-state index in [-0.39, 0.29) is 11.8 Å². The van der Waals surface area contributed by atoms with Crippen molar-refractivity contribution in [1.82, 2.24) is 25.3 Å². The molecule has 0 bridgehead atoms. The lowest BCUT2D eigenvalue weighted by Gasteiger charge is -1.89. The van der Waals surface area contributed by atoms with Crippen molar-refractivity contribution in [1.29, 1.82) is 0 Å². The number of nitrogens with zero attached hydrogens (tertiary/aromatic N) is 4. The monoisotopic (exact) mass is 228 g/mol. The van der Waals surface area contributed by atoms with Gasteiger partial charge < -0.3 is 10.3 Å². The lowest BCUT2D eigenvalue weighted by molar-refractivity contribution is 0.429. The molecule has 0 spiro atoms. The zero-order valence-corrected chi connectivity index (χ0v) is 8.66. The fourth-order valence-corrected chi connectivity index (χ4v) is 1.39. The molecule has 7 heteroatoms. The molecule has 84 valence electrons. The van der Waals surface area contributed by atoms with Gasteiger partial charge in [-0.1, -0.05) is 35.5 Å². The topological polar surface area (TPSA) is 107 Å². The fraction of sp³-hybridized carbons (Fsp3) is 0. The van der Waals surface area contributed by atoms with Crippen molar-refractivity contribution < 1.29 is 4.52 Å². The molecule has 0 aliphatic rings. The van der Waals surface area contributed by atoms with E-state index in [1.54, 1.807) is 0 Å². The third-order valence-electron chi connectivity index (χ3n) is 2.16. The maximum Gasteiger partial charge on any atom is 0.295 e. The molecule has 0 unspecified atom stereocenters. The molecular weight excluding hydrogens is 220 g/mol. The Morgan fingerprint density at radius 1 is 1.12 bits per heavy atom. The van der Waals surface area contributed by atoms with Gasteiger partial charge in [0.05, 0.1) is 0 Å². The van der Waals surface area contributed by atoms with Gasteiger partial charge in [-0.15, -0.1) is 5.10 Å². The van der Waals surface area contributed by atoms with E-state index in [0.29, 0.717) is 11.6 Å². The smallest absolute Gasteiger partial charge is 0.295 e. The molecule has 1 aromatic carbocycles. The lowest BCUT2D eigenvalue weighted by Crippen LogP contribution is -1.85. The van der Waals surface area contributed by atoms with Crippen LogP contribution in [0.25, 0.3) is 23.1 Å². The van der Waals surface area contributed by atoms with Crippen molar-refractivity contribution in [3.8, 4) is 23.1 Å². The summed E-state index contributed by atoms with van der Waals surface area (Å²) in [5.74, 6) is 1.25. The summed E-state index contributed by atoms with van der Waals surface area (Å²) in [6.07, 6.45) is 0. The predicted octanol–water partition coefficient (Wildman–Crippen LogP) is 1.10. The van der Waals surface area contributed by atoms with Crippen LogP contribution in [0, 0.1) is 0 Å². The molecular formula is C10H8N6O. The van der Waals surface area contributed by atoms with Gasteiger partial charge in [-0.05, 0) is 0 Å². The Balaban J connectivity index is 1.99. The summed E-state index contributed by atoms with van der Waals surface area (Å²) in [7, 11) is 0. The molecule has 0 saturated heterocycles. The molecule has 17 heavy (non-hydrogen) atoms. The van der Waals surface area contributed by atoms with E-state index in [2.05, 4.69) is 25.3 Å². The van der Waals surface area contributed by atoms with Crippen LogP contribution in [-0.2, 0) is 0 Å². The number of hydrogen-bond acceptors (Lipinski definition) is 6. The largest absolute Gasteiger partial charge is 0.366 e. The molecule has 0 atom stereocenters. The fourth-order valence-electron chi connectivity index (χ4n) is 1.39. The second kappa shape index (κ2) is 3.71. The van der Waals surface area contributed by atoms with Crippen LogP contribution in [0.5, 0.6) is 0 Å². The Bertz CT molecular complexity index is 629. The zero-order valence-electron chi connectivity index (χ0n) is 8.66. The Morgan fingerprint density at radius 3 is 2.65 bits per heavy atom. The molecule has 0 aliphatic carbocycles. The van der Waals surface area contributed by atoms with Gasteiger partial charge in [0, 0.05) is 5.56 Å². The van der Waals surface area contributed by atoms with E-state index in [1.807, 2.05) is 30.3 Å². The Kier molecular flexibility index (Phi) is 2.08. The maximum absolute atomic E-state index is 5.39. The summed E-state index contributed by atoms with van der Waals surface area (Å²) in [6, 6.07) is 9.50. The van der Waals surface area contributed by atoms with E-state index in [9.17, 15) is 0 Å². The summed E-state index contributed by atoms with van der Waals surface area (Å²) in [5.41, 5.74) is 6.26. The number of aromatic nitrogens is 5. The number of rotatable bonds is 2. The van der Waals surface area contributed by atoms with Crippen molar-refractivity contribution in [2.45, 2.75) is 0 Å². The van der Waals surface area contributed by atoms with Crippen LogP contribution in [-0.4, -0.2) is 25.3 Å². The van der Waals surface area contributed by atoms with E-state index in [1.165, 1.54) is 0 Å². The van der Waals surface area contributed by atoms with Crippen LogP contribution in [0.2, 0.25) is 0 Å². The Hall–Kier alpha value is -2.70. The van der Waals surface area contributed by atoms with E-state index < -0.39 is 0 Å². The third kappa shape index (κ3) is 1.73. The van der Waals surface area contributed by atoms with Gasteiger partial charge in [0.1, 0.15) is 0 Å². The van der Waals surface area contributed by atoms with Crippen molar-refractivity contribution in [3.05, 3.63) is 30.3 Å². The molecule has 3 aromatic rings. The van der Waals surface area contributed by atoms with Gasteiger partial charge in [0.15, 0.2) is 0 Å². The number of anilines is 1. The number of aromatic amines is 1. The second-order valence-corrected chi connectivity index (χ2v) is 3.33. The summed E-state index contributed by atoms with van der Waals surface area (Å²) in [4.78, 5) is 8.10. The number of benzene rings is 1. The standard InChI is InChI=1S/C10H8N6O/c11-10-13-8(14-15-10)9-12-7(16-17-9)6-4-2-1-3-5-6/h1-5H,(H3,11,13,14,15). The average Bonchev–Trinajstić information content (AvgIpc) is 2.98. The molecule has 2 aromatic heterocycles. The third-order valence-corrected chi connectivity index (χ3v) is 2.16. The number of nitrogen functional groups attached to an aromatic ring is 1. The van der Waals surface area contributed by atoms with Crippen molar-refractivity contribution in [2.24, 2.45) is 0 Å². The molecule has 7 nitrogen and oxygen atoms in total. The first-order valence-electron chi connectivity index (χ1n) is 4.90. The van der Waals surface area contributed by atoms with Crippen LogP contribution in [0.3, 0.4) is 0 Å². The lowest BCUT2D eigenvalue weighted by atomic mass is 10.2. The number of H-pyrrole nitrogens is 1. The van der Waals surface area contributed by atoms with Crippen LogP contribution in [0.15, 0.2) is 34.9 Å². The summed E-state index contributed by atoms with van der Waals surface area (Å²) in [5, 5.41) is 10.2. The van der Waals surface area contributed by atoms with Crippen LogP contribution < -0.4 is 5.73 Å². The first-order valence-corrected chi connectivity index (χ1v) is 4.90. The van der Waals surface area contributed by atoms with Crippen LogP contribution in [0.4, 0.5) is 5.95 Å². The maximum atomic E-state index is 5.39. The highest BCUT2D eigenvalue weighted by atomic mass is 16.5. The van der Waals surface area contributed by atoms with Crippen molar-refractivity contribution >= 4 is 5.95 Å². The summed E-state index contributed by atoms with van der Waals surface area (Å²) >= 11 is 0. The second-order valence-electron chi connectivity index (χ2n) is 3.33. The Morgan fingerprint density at radius 2 is 1.94 bits per heavy atom. The normalized spacial score (nSPS) is 10.6. The first kappa shape index (κ1) is 9.52. The van der Waals surface area contributed by atoms with Gasteiger partial charge in [0.2, 0.25) is 17.6 Å². The number of hydrogen-bond donors (Lipinski definition) is 2. The quantitative estimate of drug-likeness (QED) is 0.680. The highest BCUT2D eigenvalue weighted by Gasteiger charge is 2.13. The van der Waals surface area contributed by atoms with E-state index in [0.717, 1.165) is 5.56 Å². The number of nitrogens with two attached hydrogens (primary N) is 1. The molecule has 3 N–H and O–H groups in total. The summed E-state index contributed by atoms with van der Waals surface area (Å²) < 4.78 is 5.07. The zero-order chi connectivity index (χ0) is 11.7. The van der Waals surface area contributed by atoms with E-state index in [4.69, 9.17) is 10.3 Å². The first-order chi connectivity index (χ1) is 8.33. The number of nitrogens with one attached hydrogen (secondary N) is 1. The van der Waals surface area contributed by atoms with Gasteiger partial charge >= 0.3 is 0 Å². The minimum Gasteiger partial charge on any atom is -0.366 e. The minimum absolute atomic E-state index is 0.138. The van der Waals surface area contributed by atoms with Gasteiger partial charge in [-0.3, -0.25) is 5.10 Å². The molecule has 0 saturated carbocycles. The van der Waals surface area contributed by atoms with Crippen LogP contribution >= 0.6 is 0 Å². The van der Waals surface area contributed by atoms with Gasteiger partial charge in [0.25, 0.3) is 5.89 Å². The van der Waals surface area contributed by atoms with Crippen molar-refractivity contribution in [3.63, 3.8) is 0 Å².